The first-order valence-electron chi connectivity index (χ1n) is 10.1. The Morgan fingerprint density at radius 3 is 2.60 bits per heavy atom. The van der Waals surface area contributed by atoms with E-state index in [1.165, 1.54) is 4.90 Å². The third-order valence-electron chi connectivity index (χ3n) is 6.19. The maximum Gasteiger partial charge on any atom is 0.291 e. The second kappa shape index (κ2) is 7.31. The molecule has 0 spiro atoms. The van der Waals surface area contributed by atoms with Crippen molar-refractivity contribution < 1.29 is 27.8 Å². The van der Waals surface area contributed by atoms with Gasteiger partial charge >= 0.3 is 0 Å². The molecule has 10 nitrogen and oxygen atoms in total. The third-order valence-corrected chi connectivity index (χ3v) is 8.24. The number of aromatic nitrogens is 2. The minimum absolute atomic E-state index is 0.0212. The molecule has 0 unspecified atom stereocenters. The van der Waals surface area contributed by atoms with E-state index in [0.717, 1.165) is 6.26 Å². The van der Waals surface area contributed by atoms with Crippen LogP contribution in [0.3, 0.4) is 0 Å². The number of carbonyl (C=O) groups excluding carboxylic acids is 1. The van der Waals surface area contributed by atoms with E-state index in [-0.39, 0.29) is 30.1 Å². The zero-order chi connectivity index (χ0) is 21.8. The van der Waals surface area contributed by atoms with Gasteiger partial charge in [0.1, 0.15) is 17.0 Å². The second-order valence-electron chi connectivity index (χ2n) is 8.78. The monoisotopic (exact) mass is 440 g/mol. The fraction of sp³-hybridized carbons (Fsp3) is 0.737. The Morgan fingerprint density at radius 2 is 1.97 bits per heavy atom. The molecule has 2 saturated heterocycles. The largest absolute Gasteiger partial charge is 0.486 e. The molecule has 4 rings (SSSR count). The van der Waals surface area contributed by atoms with Crippen molar-refractivity contribution in [3.8, 4) is 5.75 Å². The molecule has 1 N–H and O–H groups in total. The summed E-state index contributed by atoms with van der Waals surface area (Å²) in [6.45, 7) is 6.97. The van der Waals surface area contributed by atoms with Crippen LogP contribution >= 0.6 is 0 Å². The van der Waals surface area contributed by atoms with Crippen molar-refractivity contribution in [1.29, 1.82) is 0 Å². The molecule has 0 aliphatic carbocycles. The van der Waals surface area contributed by atoms with Crippen LogP contribution in [-0.4, -0.2) is 91.7 Å². The fourth-order valence-corrected chi connectivity index (χ4v) is 4.57. The molecule has 1 aromatic heterocycles. The molecule has 3 aliphatic heterocycles. The minimum Gasteiger partial charge on any atom is -0.486 e. The van der Waals surface area contributed by atoms with Gasteiger partial charge in [-0.25, -0.2) is 18.4 Å². The Hall–Kier alpha value is -1.98. The second-order valence-corrected chi connectivity index (χ2v) is 11.3. The number of morpholine rings is 1. The topological polar surface area (TPSA) is 122 Å². The van der Waals surface area contributed by atoms with Crippen molar-refractivity contribution in [3.63, 3.8) is 0 Å². The maximum atomic E-state index is 13.1. The number of ether oxygens (including phenoxy) is 2. The van der Waals surface area contributed by atoms with Gasteiger partial charge in [-0.3, -0.25) is 4.79 Å². The first-order chi connectivity index (χ1) is 14.0. The summed E-state index contributed by atoms with van der Waals surface area (Å²) in [5.74, 6) is 0.209. The lowest BCUT2D eigenvalue weighted by molar-refractivity contribution is 0.0480. The van der Waals surface area contributed by atoms with Crippen molar-refractivity contribution in [2.45, 2.75) is 50.1 Å². The summed E-state index contributed by atoms with van der Waals surface area (Å²) >= 11 is 0. The fourth-order valence-electron chi connectivity index (χ4n) is 4.08. The van der Waals surface area contributed by atoms with Crippen LogP contribution < -0.4 is 9.64 Å². The van der Waals surface area contributed by atoms with E-state index in [9.17, 15) is 18.3 Å². The van der Waals surface area contributed by atoms with Crippen LogP contribution in [-0.2, 0) is 19.3 Å². The van der Waals surface area contributed by atoms with Gasteiger partial charge in [-0.1, -0.05) is 0 Å². The minimum atomic E-state index is -3.58. The first kappa shape index (κ1) is 21.3. The molecule has 1 aromatic rings. The number of carbonyl (C=O) groups is 1. The summed E-state index contributed by atoms with van der Waals surface area (Å²) in [6, 6.07) is -0.103. The van der Waals surface area contributed by atoms with Crippen LogP contribution in [0.1, 0.15) is 43.5 Å². The summed E-state index contributed by atoms with van der Waals surface area (Å²) in [5.41, 5.74) is 0.176. The predicted molar refractivity (Wildman–Crippen MR) is 108 cm³/mol. The number of fused-ring (bicyclic) bond motifs is 3. The molecular formula is C19H28N4O6S. The van der Waals surface area contributed by atoms with E-state index in [2.05, 4.69) is 9.97 Å². The summed E-state index contributed by atoms with van der Waals surface area (Å²) in [4.78, 5) is 25.6. The number of sulfone groups is 1. The number of hydrogen-bond acceptors (Lipinski definition) is 9. The summed E-state index contributed by atoms with van der Waals surface area (Å²) in [6.07, 6.45) is 1.05. The lowest BCUT2D eigenvalue weighted by Gasteiger charge is -2.45. The normalized spacial score (nSPS) is 26.8. The molecule has 3 aliphatic rings. The number of nitrogens with zero attached hydrogens (tertiary/aromatic N) is 4. The van der Waals surface area contributed by atoms with Gasteiger partial charge in [-0.15, -0.1) is 0 Å². The number of β-amino-alcohol motifs (C(OH)–C–C–N with tert-alkyl or cyclic N) is 1. The molecule has 0 radical (unpaired) electrons. The highest BCUT2D eigenvalue weighted by atomic mass is 32.2. The smallest absolute Gasteiger partial charge is 0.291 e. The van der Waals surface area contributed by atoms with Crippen molar-refractivity contribution in [2.24, 2.45) is 0 Å². The Morgan fingerprint density at radius 1 is 1.23 bits per heavy atom. The Bertz CT molecular complexity index is 966. The lowest BCUT2D eigenvalue weighted by Crippen LogP contribution is -2.56. The lowest BCUT2D eigenvalue weighted by atomic mass is 10.0. The van der Waals surface area contributed by atoms with Gasteiger partial charge in [-0.2, -0.15) is 0 Å². The predicted octanol–water partition coefficient (Wildman–Crippen LogP) is -0.0508. The number of aliphatic hydroxyl groups excluding tert-OH is 1. The highest BCUT2D eigenvalue weighted by Crippen LogP contribution is 2.43. The van der Waals surface area contributed by atoms with E-state index in [0.29, 0.717) is 44.4 Å². The Labute approximate surface area is 176 Å². The molecule has 166 valence electrons. The van der Waals surface area contributed by atoms with Crippen LogP contribution in [0.4, 0.5) is 5.82 Å². The maximum absolute atomic E-state index is 13.1. The zero-order valence-corrected chi connectivity index (χ0v) is 18.5. The highest BCUT2D eigenvalue weighted by molar-refractivity contribution is 7.91. The number of anilines is 1. The van der Waals surface area contributed by atoms with Gasteiger partial charge in [0, 0.05) is 19.3 Å². The Balaban J connectivity index is 1.88. The molecule has 11 heteroatoms. The van der Waals surface area contributed by atoms with Crippen LogP contribution in [0, 0.1) is 0 Å². The van der Waals surface area contributed by atoms with Crippen molar-refractivity contribution in [1.82, 2.24) is 14.9 Å². The van der Waals surface area contributed by atoms with Crippen molar-refractivity contribution in [2.75, 3.05) is 44.1 Å². The van der Waals surface area contributed by atoms with Gasteiger partial charge in [0.15, 0.2) is 21.4 Å². The van der Waals surface area contributed by atoms with E-state index < -0.39 is 26.6 Å². The summed E-state index contributed by atoms with van der Waals surface area (Å²) < 4.78 is 35.4. The highest BCUT2D eigenvalue weighted by Gasteiger charge is 2.44. The van der Waals surface area contributed by atoms with Crippen LogP contribution in [0.15, 0.2) is 0 Å². The standard InChI is InChI=1S/C19H28N4O6S/c1-11-8-28-9-12-10-29-14-15(19(2,3)30(4,26)27)20-16(21-17(14)23(11)12)18(25)22-6-5-13(24)7-22/h11-13,24H,5-10H2,1-4H3/t11-,12+,13+/m1/s1. The molecule has 30 heavy (non-hydrogen) atoms. The van der Waals surface area contributed by atoms with E-state index >= 15 is 0 Å². The van der Waals surface area contributed by atoms with Crippen LogP contribution in [0.2, 0.25) is 0 Å². The summed E-state index contributed by atoms with van der Waals surface area (Å²) in [5, 5.41) is 9.81. The van der Waals surface area contributed by atoms with Gasteiger partial charge in [-0.05, 0) is 27.2 Å². The van der Waals surface area contributed by atoms with E-state index in [1.807, 2.05) is 11.8 Å². The van der Waals surface area contributed by atoms with Crippen LogP contribution in [0.5, 0.6) is 5.75 Å². The molecule has 0 aromatic carbocycles. The molecule has 0 bridgehead atoms. The number of likely N-dealkylation sites (tertiary alicyclic amines) is 1. The molecule has 0 saturated carbocycles. The number of hydrogen-bond donors (Lipinski definition) is 1. The number of amides is 1. The summed E-state index contributed by atoms with van der Waals surface area (Å²) in [7, 11) is -3.58. The average molecular weight is 441 g/mol. The van der Waals surface area contributed by atoms with Crippen molar-refractivity contribution >= 4 is 21.6 Å². The molecule has 2 fully saturated rings. The SMILES string of the molecule is C[C@@H]1COC[C@H]2COc3c(nc(C(=O)N4CC[C@H](O)C4)nc3C(C)(C)S(C)(=O)=O)N21. The average Bonchev–Trinajstić information content (AvgIpc) is 3.11. The van der Waals surface area contributed by atoms with E-state index in [1.54, 1.807) is 13.8 Å². The Kier molecular flexibility index (Phi) is 5.18. The molecular weight excluding hydrogens is 412 g/mol. The van der Waals surface area contributed by atoms with Gasteiger partial charge in [0.2, 0.25) is 5.82 Å². The van der Waals surface area contributed by atoms with Gasteiger partial charge in [0.05, 0.1) is 31.4 Å². The van der Waals surface area contributed by atoms with Crippen molar-refractivity contribution in [3.05, 3.63) is 11.5 Å². The molecule has 3 atom stereocenters. The third kappa shape index (κ3) is 3.42. The molecule has 4 heterocycles. The zero-order valence-electron chi connectivity index (χ0n) is 17.7. The van der Waals surface area contributed by atoms with Crippen LogP contribution in [0.25, 0.3) is 0 Å². The molecule has 1 amide bonds. The van der Waals surface area contributed by atoms with Gasteiger partial charge < -0.3 is 24.4 Å². The van der Waals surface area contributed by atoms with E-state index in [4.69, 9.17) is 9.47 Å². The quantitative estimate of drug-likeness (QED) is 0.689. The first-order valence-corrected chi connectivity index (χ1v) is 12.0. The number of aliphatic hydroxyl groups is 1. The van der Waals surface area contributed by atoms with Gasteiger partial charge in [0.25, 0.3) is 5.91 Å². The number of rotatable bonds is 3.